The van der Waals surface area contributed by atoms with Crippen LogP contribution in [0.2, 0.25) is 0 Å². The van der Waals surface area contributed by atoms with Gasteiger partial charge in [0.15, 0.2) is 0 Å². The Kier molecular flexibility index (Phi) is 6.20. The van der Waals surface area contributed by atoms with E-state index in [1.165, 1.54) is 0 Å². The minimum Gasteiger partial charge on any atom is -0.344 e. The molecule has 0 radical (unpaired) electrons. The third-order valence-electron chi connectivity index (χ3n) is 3.06. The van der Waals surface area contributed by atoms with Crippen molar-refractivity contribution in [1.82, 2.24) is 15.5 Å². The summed E-state index contributed by atoms with van der Waals surface area (Å²) >= 11 is 0. The summed E-state index contributed by atoms with van der Waals surface area (Å²) in [4.78, 5) is 11.9. The Morgan fingerprint density at radius 3 is 2.47 bits per heavy atom. The third-order valence-corrected chi connectivity index (χ3v) is 3.06. The van der Waals surface area contributed by atoms with Gasteiger partial charge in [0.2, 0.25) is 0 Å². The molecule has 0 aliphatic carbocycles. The number of nitrogens with zero attached hydrogens (tertiary/aromatic N) is 1. The van der Waals surface area contributed by atoms with E-state index in [4.69, 9.17) is 5.73 Å². The zero-order valence-electron chi connectivity index (χ0n) is 10.5. The SMILES string of the molecule is CCC(CC)(CN)NC(=O)c1cc(C)[nH]n1.Cl. The van der Waals surface area contributed by atoms with Gasteiger partial charge in [-0.3, -0.25) is 9.89 Å². The van der Waals surface area contributed by atoms with Crippen molar-refractivity contribution >= 4 is 18.3 Å². The van der Waals surface area contributed by atoms with Crippen LogP contribution in [0.1, 0.15) is 42.9 Å². The Bertz CT molecular complexity index is 352. The Labute approximate surface area is 108 Å². The van der Waals surface area contributed by atoms with Crippen LogP contribution in [0.25, 0.3) is 0 Å². The molecular formula is C11H21ClN4O. The summed E-state index contributed by atoms with van der Waals surface area (Å²) in [5.74, 6) is -0.168. The molecule has 0 bridgehead atoms. The monoisotopic (exact) mass is 260 g/mol. The Morgan fingerprint density at radius 1 is 1.53 bits per heavy atom. The number of hydrogen-bond acceptors (Lipinski definition) is 3. The fraction of sp³-hybridized carbons (Fsp3) is 0.636. The highest BCUT2D eigenvalue weighted by molar-refractivity contribution is 5.92. The van der Waals surface area contributed by atoms with Crippen molar-refractivity contribution in [2.24, 2.45) is 5.73 Å². The van der Waals surface area contributed by atoms with Crippen LogP contribution in [0.4, 0.5) is 0 Å². The van der Waals surface area contributed by atoms with Gasteiger partial charge in [-0.1, -0.05) is 13.8 Å². The number of aromatic nitrogens is 2. The number of nitrogens with two attached hydrogens (primary N) is 1. The van der Waals surface area contributed by atoms with E-state index in [2.05, 4.69) is 15.5 Å². The van der Waals surface area contributed by atoms with E-state index in [1.54, 1.807) is 6.07 Å². The molecule has 1 heterocycles. The second kappa shape index (κ2) is 6.61. The minimum absolute atomic E-state index is 0. The van der Waals surface area contributed by atoms with Crippen LogP contribution in [-0.4, -0.2) is 28.2 Å². The van der Waals surface area contributed by atoms with E-state index >= 15 is 0 Å². The van der Waals surface area contributed by atoms with Crippen LogP contribution < -0.4 is 11.1 Å². The number of rotatable bonds is 5. The zero-order valence-corrected chi connectivity index (χ0v) is 11.4. The highest BCUT2D eigenvalue weighted by atomic mass is 35.5. The molecule has 4 N–H and O–H groups in total. The molecule has 0 aliphatic rings. The van der Waals surface area contributed by atoms with E-state index in [0.29, 0.717) is 12.2 Å². The minimum atomic E-state index is -0.316. The predicted molar refractivity (Wildman–Crippen MR) is 70.4 cm³/mol. The second-order valence-corrected chi connectivity index (χ2v) is 4.08. The van der Waals surface area contributed by atoms with Crippen molar-refractivity contribution in [3.05, 3.63) is 17.5 Å². The number of halogens is 1. The Hall–Kier alpha value is -1.07. The van der Waals surface area contributed by atoms with Crippen LogP contribution in [-0.2, 0) is 0 Å². The molecule has 0 aromatic carbocycles. The molecule has 0 aliphatic heterocycles. The number of nitrogens with one attached hydrogen (secondary N) is 2. The van der Waals surface area contributed by atoms with Gasteiger partial charge in [0.1, 0.15) is 5.69 Å². The van der Waals surface area contributed by atoms with E-state index in [1.807, 2.05) is 20.8 Å². The summed E-state index contributed by atoms with van der Waals surface area (Å²) < 4.78 is 0. The van der Waals surface area contributed by atoms with Gasteiger partial charge < -0.3 is 11.1 Å². The van der Waals surface area contributed by atoms with Gasteiger partial charge in [0, 0.05) is 12.2 Å². The molecular weight excluding hydrogens is 240 g/mol. The van der Waals surface area contributed by atoms with E-state index in [9.17, 15) is 4.79 Å². The third kappa shape index (κ3) is 3.71. The highest BCUT2D eigenvalue weighted by Crippen LogP contribution is 2.14. The van der Waals surface area contributed by atoms with Gasteiger partial charge in [-0.25, -0.2) is 0 Å². The molecule has 0 unspecified atom stereocenters. The van der Waals surface area contributed by atoms with Crippen molar-refractivity contribution in [2.45, 2.75) is 39.2 Å². The number of aryl methyl sites for hydroxylation is 1. The molecule has 98 valence electrons. The number of carbonyl (C=O) groups is 1. The first kappa shape index (κ1) is 15.9. The number of H-pyrrole nitrogens is 1. The average Bonchev–Trinajstić information content (AvgIpc) is 2.73. The van der Waals surface area contributed by atoms with Crippen LogP contribution in [0.5, 0.6) is 0 Å². The van der Waals surface area contributed by atoms with Crippen molar-refractivity contribution in [3.8, 4) is 0 Å². The van der Waals surface area contributed by atoms with Crippen LogP contribution in [0.3, 0.4) is 0 Å². The van der Waals surface area contributed by atoms with E-state index < -0.39 is 0 Å². The van der Waals surface area contributed by atoms with Crippen molar-refractivity contribution < 1.29 is 4.79 Å². The molecule has 0 atom stereocenters. The Morgan fingerprint density at radius 2 is 2.12 bits per heavy atom. The molecule has 6 heteroatoms. The average molecular weight is 261 g/mol. The topological polar surface area (TPSA) is 83.8 Å². The summed E-state index contributed by atoms with van der Waals surface area (Å²) in [7, 11) is 0. The van der Waals surface area contributed by atoms with Crippen LogP contribution >= 0.6 is 12.4 Å². The fourth-order valence-electron chi connectivity index (χ4n) is 1.61. The lowest BCUT2D eigenvalue weighted by Crippen LogP contribution is -2.52. The molecule has 1 aromatic rings. The first-order chi connectivity index (χ1) is 7.56. The van der Waals surface area contributed by atoms with Crippen LogP contribution in [0, 0.1) is 6.92 Å². The molecule has 1 aromatic heterocycles. The fourth-order valence-corrected chi connectivity index (χ4v) is 1.61. The predicted octanol–water partition coefficient (Wildman–Crippen LogP) is 1.39. The maximum Gasteiger partial charge on any atom is 0.272 e. The summed E-state index contributed by atoms with van der Waals surface area (Å²) in [5.41, 5.74) is 6.69. The number of amides is 1. The normalized spacial score (nSPS) is 10.8. The van der Waals surface area contributed by atoms with Gasteiger partial charge in [-0.15, -0.1) is 12.4 Å². The first-order valence-corrected chi connectivity index (χ1v) is 5.61. The largest absolute Gasteiger partial charge is 0.344 e. The van der Waals surface area contributed by atoms with Gasteiger partial charge in [0.05, 0.1) is 5.54 Å². The quantitative estimate of drug-likeness (QED) is 0.748. The maximum atomic E-state index is 11.9. The van der Waals surface area contributed by atoms with Crippen molar-refractivity contribution in [3.63, 3.8) is 0 Å². The molecule has 0 fully saturated rings. The van der Waals surface area contributed by atoms with E-state index in [-0.39, 0.29) is 23.9 Å². The second-order valence-electron chi connectivity index (χ2n) is 4.08. The summed E-state index contributed by atoms with van der Waals surface area (Å²) in [6.45, 7) is 6.34. The van der Waals surface area contributed by atoms with Gasteiger partial charge in [0.25, 0.3) is 5.91 Å². The van der Waals surface area contributed by atoms with Crippen LogP contribution in [0.15, 0.2) is 6.07 Å². The first-order valence-electron chi connectivity index (χ1n) is 5.61. The van der Waals surface area contributed by atoms with Gasteiger partial charge in [-0.2, -0.15) is 5.10 Å². The van der Waals surface area contributed by atoms with Crippen molar-refractivity contribution in [1.29, 1.82) is 0 Å². The van der Waals surface area contributed by atoms with Crippen molar-refractivity contribution in [2.75, 3.05) is 6.54 Å². The highest BCUT2D eigenvalue weighted by Gasteiger charge is 2.27. The molecule has 5 nitrogen and oxygen atoms in total. The molecule has 0 spiro atoms. The summed E-state index contributed by atoms with van der Waals surface area (Å²) in [6.07, 6.45) is 1.63. The number of carbonyl (C=O) groups excluding carboxylic acids is 1. The number of hydrogen-bond donors (Lipinski definition) is 3. The van der Waals surface area contributed by atoms with Gasteiger partial charge in [-0.05, 0) is 25.8 Å². The Balaban J connectivity index is 0.00000256. The zero-order chi connectivity index (χ0) is 12.2. The maximum absolute atomic E-state index is 11.9. The lowest BCUT2D eigenvalue weighted by molar-refractivity contribution is 0.0890. The summed E-state index contributed by atoms with van der Waals surface area (Å²) in [6, 6.07) is 1.72. The standard InChI is InChI=1S/C11H20N4O.ClH/c1-4-11(5-2,7-12)13-10(16)9-6-8(3)14-15-9;/h6H,4-5,7,12H2,1-3H3,(H,13,16)(H,14,15);1H. The molecule has 0 saturated carbocycles. The molecule has 1 amide bonds. The lowest BCUT2D eigenvalue weighted by Gasteiger charge is -2.31. The summed E-state index contributed by atoms with van der Waals surface area (Å²) in [5, 5.41) is 9.63. The molecule has 0 saturated heterocycles. The molecule has 17 heavy (non-hydrogen) atoms. The van der Waals surface area contributed by atoms with E-state index in [0.717, 1.165) is 18.5 Å². The van der Waals surface area contributed by atoms with Gasteiger partial charge >= 0.3 is 0 Å². The number of aromatic amines is 1. The molecule has 1 rings (SSSR count). The lowest BCUT2D eigenvalue weighted by atomic mass is 9.93. The smallest absolute Gasteiger partial charge is 0.272 e.